The van der Waals surface area contributed by atoms with E-state index in [1.807, 2.05) is 24.3 Å². The summed E-state index contributed by atoms with van der Waals surface area (Å²) in [6.45, 7) is 5.93. The Bertz CT molecular complexity index is 1150. The number of hydrogen-bond donors (Lipinski definition) is 1. The number of rotatable bonds is 8. The molecule has 0 spiro atoms. The summed E-state index contributed by atoms with van der Waals surface area (Å²) in [6, 6.07) is 12.0. The minimum Gasteiger partial charge on any atom is -0.497 e. The van der Waals surface area contributed by atoms with Crippen molar-refractivity contribution in [2.75, 3.05) is 26.1 Å². The SMILES string of the molecule is COCCCn1c(C(C)C)nc2cc3c(Nc4ccc(OC)cc4)ncnc3cc21. The Morgan fingerprint density at radius 2 is 1.83 bits per heavy atom. The summed E-state index contributed by atoms with van der Waals surface area (Å²) in [7, 11) is 3.39. The third-order valence-corrected chi connectivity index (χ3v) is 5.13. The van der Waals surface area contributed by atoms with Gasteiger partial charge in [-0.15, -0.1) is 0 Å². The first-order valence-corrected chi connectivity index (χ1v) is 10.2. The molecule has 7 heteroatoms. The summed E-state index contributed by atoms with van der Waals surface area (Å²) in [6.07, 6.45) is 2.53. The second-order valence-electron chi connectivity index (χ2n) is 7.56. The molecule has 0 saturated carbocycles. The van der Waals surface area contributed by atoms with Gasteiger partial charge in [0, 0.05) is 37.3 Å². The number of methoxy groups -OCH3 is 2. The molecular weight excluding hydrogens is 378 g/mol. The van der Waals surface area contributed by atoms with Gasteiger partial charge >= 0.3 is 0 Å². The van der Waals surface area contributed by atoms with E-state index in [4.69, 9.17) is 14.5 Å². The molecule has 0 amide bonds. The van der Waals surface area contributed by atoms with E-state index in [-0.39, 0.29) is 0 Å². The summed E-state index contributed by atoms with van der Waals surface area (Å²) in [5.41, 5.74) is 3.87. The zero-order chi connectivity index (χ0) is 21.1. The van der Waals surface area contributed by atoms with Gasteiger partial charge in [0.25, 0.3) is 0 Å². The van der Waals surface area contributed by atoms with Crippen LogP contribution in [0.5, 0.6) is 5.75 Å². The highest BCUT2D eigenvalue weighted by Gasteiger charge is 2.16. The molecule has 0 radical (unpaired) electrons. The maximum Gasteiger partial charge on any atom is 0.141 e. The second-order valence-corrected chi connectivity index (χ2v) is 7.56. The third kappa shape index (κ3) is 3.93. The quantitative estimate of drug-likeness (QED) is 0.421. The topological polar surface area (TPSA) is 74.1 Å². The highest BCUT2D eigenvalue weighted by molar-refractivity contribution is 5.99. The fraction of sp³-hybridized carbons (Fsp3) is 0.348. The van der Waals surface area contributed by atoms with Gasteiger partial charge in [0.2, 0.25) is 0 Å². The predicted molar refractivity (Wildman–Crippen MR) is 120 cm³/mol. The molecule has 0 fully saturated rings. The summed E-state index contributed by atoms with van der Waals surface area (Å²) >= 11 is 0. The molecule has 4 aromatic rings. The van der Waals surface area contributed by atoms with Crippen LogP contribution >= 0.6 is 0 Å². The first kappa shape index (κ1) is 20.1. The largest absolute Gasteiger partial charge is 0.497 e. The van der Waals surface area contributed by atoms with Crippen LogP contribution < -0.4 is 10.1 Å². The minimum absolute atomic E-state index is 0.325. The Labute approximate surface area is 176 Å². The van der Waals surface area contributed by atoms with E-state index < -0.39 is 0 Å². The molecule has 2 aromatic carbocycles. The maximum absolute atomic E-state index is 5.24. The highest BCUT2D eigenvalue weighted by atomic mass is 16.5. The predicted octanol–water partition coefficient (Wildman–Crippen LogP) is 4.89. The van der Waals surface area contributed by atoms with Crippen molar-refractivity contribution in [3.63, 3.8) is 0 Å². The molecule has 0 aliphatic rings. The molecule has 0 bridgehead atoms. The van der Waals surface area contributed by atoms with E-state index in [1.165, 1.54) is 0 Å². The summed E-state index contributed by atoms with van der Waals surface area (Å²) in [4.78, 5) is 13.9. The Kier molecular flexibility index (Phi) is 5.81. The molecule has 0 aliphatic heterocycles. The molecule has 0 atom stereocenters. The zero-order valence-electron chi connectivity index (χ0n) is 17.8. The number of anilines is 2. The highest BCUT2D eigenvalue weighted by Crippen LogP contribution is 2.30. The van der Waals surface area contributed by atoms with E-state index >= 15 is 0 Å². The number of nitrogens with one attached hydrogen (secondary N) is 1. The normalized spacial score (nSPS) is 11.5. The van der Waals surface area contributed by atoms with Gasteiger partial charge in [0.1, 0.15) is 23.7 Å². The van der Waals surface area contributed by atoms with Crippen molar-refractivity contribution in [2.45, 2.75) is 32.7 Å². The van der Waals surface area contributed by atoms with Crippen LogP contribution in [0.3, 0.4) is 0 Å². The fourth-order valence-corrected chi connectivity index (χ4v) is 3.65. The molecule has 0 unspecified atom stereocenters. The molecule has 4 rings (SSSR count). The fourth-order valence-electron chi connectivity index (χ4n) is 3.65. The molecular formula is C23H27N5O2. The van der Waals surface area contributed by atoms with Crippen LogP contribution in [0.4, 0.5) is 11.5 Å². The van der Waals surface area contributed by atoms with E-state index in [0.717, 1.165) is 64.6 Å². The first-order chi connectivity index (χ1) is 14.6. The monoisotopic (exact) mass is 405 g/mol. The lowest BCUT2D eigenvalue weighted by atomic mass is 10.2. The van der Waals surface area contributed by atoms with Crippen LogP contribution in [0, 0.1) is 0 Å². The molecule has 1 N–H and O–H groups in total. The Balaban J connectivity index is 1.77. The van der Waals surface area contributed by atoms with Crippen molar-refractivity contribution in [2.24, 2.45) is 0 Å². The molecule has 0 aliphatic carbocycles. The van der Waals surface area contributed by atoms with Crippen molar-refractivity contribution in [3.05, 3.63) is 48.5 Å². The van der Waals surface area contributed by atoms with Crippen LogP contribution in [0.25, 0.3) is 21.9 Å². The lowest BCUT2D eigenvalue weighted by Crippen LogP contribution is -2.07. The maximum atomic E-state index is 5.24. The van der Waals surface area contributed by atoms with Crippen molar-refractivity contribution >= 4 is 33.4 Å². The minimum atomic E-state index is 0.325. The van der Waals surface area contributed by atoms with Gasteiger partial charge in [0.05, 0.1) is 23.7 Å². The average molecular weight is 406 g/mol. The number of aryl methyl sites for hydroxylation is 1. The van der Waals surface area contributed by atoms with E-state index in [9.17, 15) is 0 Å². The zero-order valence-corrected chi connectivity index (χ0v) is 17.8. The lowest BCUT2D eigenvalue weighted by Gasteiger charge is -2.12. The average Bonchev–Trinajstić information content (AvgIpc) is 3.11. The van der Waals surface area contributed by atoms with Crippen molar-refractivity contribution < 1.29 is 9.47 Å². The van der Waals surface area contributed by atoms with Crippen LogP contribution in [0.15, 0.2) is 42.7 Å². The Hall–Kier alpha value is -3.19. The molecule has 7 nitrogen and oxygen atoms in total. The molecule has 30 heavy (non-hydrogen) atoms. The standard InChI is InChI=1S/C23H27N5O2/c1-15(2)23-27-20-12-18-19(13-21(20)28(23)10-5-11-29-3)24-14-25-22(18)26-16-6-8-17(30-4)9-7-16/h6-9,12-15H,5,10-11H2,1-4H3,(H,24,25,26). The number of imidazole rings is 1. The van der Waals surface area contributed by atoms with E-state index in [2.05, 4.69) is 45.8 Å². The van der Waals surface area contributed by atoms with Crippen LogP contribution in [0.2, 0.25) is 0 Å². The molecule has 2 aromatic heterocycles. The summed E-state index contributed by atoms with van der Waals surface area (Å²) < 4.78 is 12.8. The van der Waals surface area contributed by atoms with Gasteiger partial charge < -0.3 is 19.4 Å². The number of nitrogens with zero attached hydrogens (tertiary/aromatic N) is 4. The number of hydrogen-bond acceptors (Lipinski definition) is 6. The number of ether oxygens (including phenoxy) is 2. The second kappa shape index (κ2) is 8.67. The van der Waals surface area contributed by atoms with Crippen molar-refractivity contribution in [1.82, 2.24) is 19.5 Å². The van der Waals surface area contributed by atoms with Crippen LogP contribution in [-0.2, 0) is 11.3 Å². The van der Waals surface area contributed by atoms with Crippen molar-refractivity contribution in [1.29, 1.82) is 0 Å². The van der Waals surface area contributed by atoms with Gasteiger partial charge in [-0.1, -0.05) is 13.8 Å². The van der Waals surface area contributed by atoms with Gasteiger partial charge in [-0.05, 0) is 42.8 Å². The smallest absolute Gasteiger partial charge is 0.141 e. The molecule has 156 valence electrons. The number of aromatic nitrogens is 4. The van der Waals surface area contributed by atoms with Gasteiger partial charge in [-0.3, -0.25) is 0 Å². The Morgan fingerprint density at radius 3 is 2.53 bits per heavy atom. The van der Waals surface area contributed by atoms with E-state index in [1.54, 1.807) is 20.5 Å². The van der Waals surface area contributed by atoms with Gasteiger partial charge in [-0.2, -0.15) is 0 Å². The lowest BCUT2D eigenvalue weighted by molar-refractivity contribution is 0.190. The first-order valence-electron chi connectivity index (χ1n) is 10.2. The number of benzene rings is 2. The van der Waals surface area contributed by atoms with Crippen molar-refractivity contribution in [3.8, 4) is 5.75 Å². The Morgan fingerprint density at radius 1 is 1.03 bits per heavy atom. The molecule has 0 saturated heterocycles. The van der Waals surface area contributed by atoms with Crippen LogP contribution in [0.1, 0.15) is 32.0 Å². The summed E-state index contributed by atoms with van der Waals surface area (Å²) in [5, 5.41) is 4.33. The summed E-state index contributed by atoms with van der Waals surface area (Å²) in [5.74, 6) is 2.97. The van der Waals surface area contributed by atoms with Crippen LogP contribution in [-0.4, -0.2) is 40.3 Å². The van der Waals surface area contributed by atoms with E-state index in [0.29, 0.717) is 5.92 Å². The third-order valence-electron chi connectivity index (χ3n) is 5.13. The number of fused-ring (bicyclic) bond motifs is 2. The van der Waals surface area contributed by atoms with Gasteiger partial charge in [-0.25, -0.2) is 15.0 Å². The van der Waals surface area contributed by atoms with Gasteiger partial charge in [0.15, 0.2) is 0 Å². The molecule has 2 heterocycles.